The maximum Gasteiger partial charge on any atom is 0.250 e. The van der Waals surface area contributed by atoms with Gasteiger partial charge in [-0.3, -0.25) is 9.59 Å². The first-order valence-electron chi connectivity index (χ1n) is 9.38. The molecule has 0 bridgehead atoms. The summed E-state index contributed by atoms with van der Waals surface area (Å²) in [6.45, 7) is 11.6. The maximum atomic E-state index is 12.6. The molecular formula is C19H33N3O3S. The summed E-state index contributed by atoms with van der Waals surface area (Å²) in [6.07, 6.45) is 3.95. The number of hydrogen-bond donors (Lipinski definition) is 3. The quantitative estimate of drug-likeness (QED) is 0.607. The summed E-state index contributed by atoms with van der Waals surface area (Å²) >= 11 is 1.48. The van der Waals surface area contributed by atoms with Gasteiger partial charge in [0.1, 0.15) is 12.1 Å². The van der Waals surface area contributed by atoms with E-state index in [4.69, 9.17) is 0 Å². The molecule has 1 aromatic rings. The fourth-order valence-electron chi connectivity index (χ4n) is 2.62. The zero-order valence-corrected chi connectivity index (χ0v) is 17.6. The fraction of sp³-hybridized carbons (Fsp3) is 0.737. The Balaban J connectivity index is 2.78. The lowest BCUT2D eigenvalue weighted by Gasteiger charge is -2.26. The van der Waals surface area contributed by atoms with Crippen molar-refractivity contribution in [3.63, 3.8) is 0 Å². The van der Waals surface area contributed by atoms with Gasteiger partial charge in [-0.25, -0.2) is 4.98 Å². The van der Waals surface area contributed by atoms with Gasteiger partial charge in [0.15, 0.2) is 5.13 Å². The molecule has 1 heterocycles. The first-order chi connectivity index (χ1) is 12.1. The molecule has 0 aliphatic rings. The van der Waals surface area contributed by atoms with E-state index in [-0.39, 0.29) is 5.91 Å². The molecule has 0 saturated heterocycles. The van der Waals surface area contributed by atoms with Crippen molar-refractivity contribution < 1.29 is 14.7 Å². The predicted octanol–water partition coefficient (Wildman–Crippen LogP) is 3.68. The van der Waals surface area contributed by atoms with Crippen LogP contribution < -0.4 is 10.6 Å². The second-order valence-electron chi connectivity index (χ2n) is 7.69. The van der Waals surface area contributed by atoms with Crippen molar-refractivity contribution in [1.82, 2.24) is 10.3 Å². The van der Waals surface area contributed by atoms with Gasteiger partial charge in [-0.05, 0) is 30.6 Å². The van der Waals surface area contributed by atoms with Crippen LogP contribution >= 0.6 is 11.3 Å². The number of rotatable bonds is 9. The van der Waals surface area contributed by atoms with E-state index in [2.05, 4.69) is 29.5 Å². The monoisotopic (exact) mass is 383 g/mol. The van der Waals surface area contributed by atoms with Gasteiger partial charge in [0.2, 0.25) is 11.8 Å². The number of nitrogens with one attached hydrogen (secondary N) is 2. The van der Waals surface area contributed by atoms with Crippen LogP contribution in [0.15, 0.2) is 6.20 Å². The Hall–Kier alpha value is -1.47. The normalized spacial score (nSPS) is 14.2. The van der Waals surface area contributed by atoms with E-state index < -0.39 is 23.5 Å². The maximum absolute atomic E-state index is 12.6. The number of aliphatic hydroxyl groups is 1. The highest BCUT2D eigenvalue weighted by Crippen LogP contribution is 2.30. The standard InChI is InChI=1S/C19H33N3O3S/c1-7-10-13(21-17(25)15(23)19(4,5)6)16(24)22-18-20-11-14(26-18)12(8-2)9-3/h11-13,15,23H,7-10H2,1-6H3,(H,21,25)(H,20,22,24). The molecule has 0 aliphatic heterocycles. The number of carbonyl (C=O) groups is 2. The molecule has 1 rings (SSSR count). The molecule has 0 aromatic carbocycles. The topological polar surface area (TPSA) is 91.3 Å². The van der Waals surface area contributed by atoms with Crippen molar-refractivity contribution in [2.24, 2.45) is 5.41 Å². The van der Waals surface area contributed by atoms with E-state index >= 15 is 0 Å². The summed E-state index contributed by atoms with van der Waals surface area (Å²) in [5.41, 5.74) is -0.586. The summed E-state index contributed by atoms with van der Waals surface area (Å²) < 4.78 is 0. The molecule has 2 unspecified atom stereocenters. The molecule has 0 saturated carbocycles. The third-order valence-electron chi connectivity index (χ3n) is 4.42. The molecule has 7 heteroatoms. The van der Waals surface area contributed by atoms with Crippen molar-refractivity contribution in [2.45, 2.75) is 85.3 Å². The Bertz CT molecular complexity index is 591. The lowest BCUT2D eigenvalue weighted by molar-refractivity contribution is -0.137. The van der Waals surface area contributed by atoms with E-state index in [1.807, 2.05) is 13.1 Å². The number of carbonyl (C=O) groups excluding carboxylic acids is 2. The zero-order chi connectivity index (χ0) is 19.9. The zero-order valence-electron chi connectivity index (χ0n) is 16.8. The minimum Gasteiger partial charge on any atom is -0.383 e. The Morgan fingerprint density at radius 1 is 1.19 bits per heavy atom. The van der Waals surface area contributed by atoms with Gasteiger partial charge >= 0.3 is 0 Å². The second-order valence-corrected chi connectivity index (χ2v) is 8.75. The van der Waals surface area contributed by atoms with E-state index in [9.17, 15) is 14.7 Å². The van der Waals surface area contributed by atoms with Crippen molar-refractivity contribution in [3.05, 3.63) is 11.1 Å². The number of amides is 2. The van der Waals surface area contributed by atoms with Crippen LogP contribution in [0.2, 0.25) is 0 Å². The molecule has 0 spiro atoms. The van der Waals surface area contributed by atoms with Gasteiger partial charge in [0.25, 0.3) is 0 Å². The summed E-state index contributed by atoms with van der Waals surface area (Å²) in [5.74, 6) is -0.374. The van der Waals surface area contributed by atoms with E-state index in [1.54, 1.807) is 20.8 Å². The largest absolute Gasteiger partial charge is 0.383 e. The van der Waals surface area contributed by atoms with Crippen LogP contribution in [0.5, 0.6) is 0 Å². The fourth-order valence-corrected chi connectivity index (χ4v) is 3.70. The number of nitrogens with zero attached hydrogens (tertiary/aromatic N) is 1. The van der Waals surface area contributed by atoms with Crippen molar-refractivity contribution in [3.8, 4) is 0 Å². The molecule has 2 amide bonds. The highest BCUT2D eigenvalue weighted by atomic mass is 32.1. The third kappa shape index (κ3) is 6.36. The van der Waals surface area contributed by atoms with Gasteiger partial charge in [0.05, 0.1) is 0 Å². The van der Waals surface area contributed by atoms with Crippen LogP contribution in [0.25, 0.3) is 0 Å². The highest BCUT2D eigenvalue weighted by Gasteiger charge is 2.32. The SMILES string of the molecule is CCCC(NC(=O)C(O)C(C)(C)C)C(=O)Nc1ncc(C(CC)CC)s1. The summed E-state index contributed by atoms with van der Waals surface area (Å²) in [5, 5.41) is 16.1. The van der Waals surface area contributed by atoms with Crippen LogP contribution in [-0.4, -0.2) is 34.1 Å². The number of hydrogen-bond acceptors (Lipinski definition) is 5. The Labute approximate surface area is 160 Å². The lowest BCUT2D eigenvalue weighted by Crippen LogP contribution is -2.50. The summed E-state index contributed by atoms with van der Waals surface area (Å²) in [7, 11) is 0. The van der Waals surface area contributed by atoms with Gasteiger partial charge in [0, 0.05) is 11.1 Å². The first kappa shape index (κ1) is 22.6. The average Bonchev–Trinajstić information content (AvgIpc) is 3.02. The van der Waals surface area contributed by atoms with E-state index in [1.165, 1.54) is 11.3 Å². The van der Waals surface area contributed by atoms with Crippen molar-refractivity contribution in [2.75, 3.05) is 5.32 Å². The van der Waals surface area contributed by atoms with Crippen LogP contribution in [0.4, 0.5) is 5.13 Å². The number of aliphatic hydroxyl groups excluding tert-OH is 1. The average molecular weight is 384 g/mol. The number of aromatic nitrogens is 1. The molecule has 2 atom stereocenters. The predicted molar refractivity (Wildman–Crippen MR) is 106 cm³/mol. The molecular weight excluding hydrogens is 350 g/mol. The highest BCUT2D eigenvalue weighted by molar-refractivity contribution is 7.15. The van der Waals surface area contributed by atoms with Gasteiger partial charge in [-0.1, -0.05) is 48.0 Å². The molecule has 0 aliphatic carbocycles. The minimum absolute atomic E-state index is 0.299. The number of anilines is 1. The third-order valence-corrected chi connectivity index (χ3v) is 5.50. The lowest BCUT2D eigenvalue weighted by atomic mass is 9.88. The van der Waals surface area contributed by atoms with Crippen LogP contribution in [0.1, 0.15) is 78.0 Å². The van der Waals surface area contributed by atoms with Crippen LogP contribution in [-0.2, 0) is 9.59 Å². The molecule has 6 nitrogen and oxygen atoms in total. The van der Waals surface area contributed by atoms with Gasteiger partial charge in [-0.2, -0.15) is 0 Å². The second kappa shape index (κ2) is 10.0. The van der Waals surface area contributed by atoms with E-state index in [0.717, 1.165) is 24.1 Å². The van der Waals surface area contributed by atoms with Crippen molar-refractivity contribution >= 4 is 28.3 Å². The minimum atomic E-state index is -1.17. The van der Waals surface area contributed by atoms with Crippen LogP contribution in [0, 0.1) is 5.41 Å². The molecule has 148 valence electrons. The molecule has 26 heavy (non-hydrogen) atoms. The first-order valence-corrected chi connectivity index (χ1v) is 10.2. The van der Waals surface area contributed by atoms with E-state index in [0.29, 0.717) is 17.5 Å². The smallest absolute Gasteiger partial charge is 0.250 e. The molecule has 3 N–H and O–H groups in total. The molecule has 1 aromatic heterocycles. The van der Waals surface area contributed by atoms with Gasteiger partial charge in [-0.15, -0.1) is 11.3 Å². The Morgan fingerprint density at radius 2 is 1.81 bits per heavy atom. The Morgan fingerprint density at radius 3 is 2.31 bits per heavy atom. The Kier molecular flexibility index (Phi) is 8.70. The number of thiazole rings is 1. The summed E-state index contributed by atoms with van der Waals surface area (Å²) in [6, 6.07) is -0.690. The van der Waals surface area contributed by atoms with Gasteiger partial charge < -0.3 is 15.7 Å². The molecule has 0 radical (unpaired) electrons. The van der Waals surface area contributed by atoms with Crippen LogP contribution in [0.3, 0.4) is 0 Å². The summed E-state index contributed by atoms with van der Waals surface area (Å²) in [4.78, 5) is 30.3. The van der Waals surface area contributed by atoms with Crippen molar-refractivity contribution in [1.29, 1.82) is 0 Å². The molecule has 0 fully saturated rings.